The third-order valence-electron chi connectivity index (χ3n) is 2.20. The van der Waals surface area contributed by atoms with Crippen molar-refractivity contribution in [2.24, 2.45) is 0 Å². The van der Waals surface area contributed by atoms with Crippen molar-refractivity contribution in [3.63, 3.8) is 0 Å². The minimum absolute atomic E-state index is 0.217. The third kappa shape index (κ3) is 3.45. The molecule has 0 aromatic heterocycles. The van der Waals surface area contributed by atoms with Gasteiger partial charge in [-0.05, 0) is 31.2 Å². The van der Waals surface area contributed by atoms with Crippen LogP contribution in [0.5, 0.6) is 5.75 Å². The van der Waals surface area contributed by atoms with E-state index in [1.165, 1.54) is 6.92 Å². The van der Waals surface area contributed by atoms with Crippen LogP contribution in [0.25, 0.3) is 0 Å². The summed E-state index contributed by atoms with van der Waals surface area (Å²) in [5.41, 5.74) is 0.787. The van der Waals surface area contributed by atoms with Crippen molar-refractivity contribution in [3.05, 3.63) is 41.6 Å². The van der Waals surface area contributed by atoms with Crippen LogP contribution in [-0.2, 0) is 4.79 Å². The van der Waals surface area contributed by atoms with Crippen LogP contribution in [0.1, 0.15) is 24.2 Å². The van der Waals surface area contributed by atoms with E-state index in [0.29, 0.717) is 11.3 Å². The molecule has 4 heteroatoms. The average molecular weight is 233 g/mol. The van der Waals surface area contributed by atoms with Crippen molar-refractivity contribution >= 4 is 11.7 Å². The zero-order valence-corrected chi connectivity index (χ0v) is 10.1. The molecule has 1 aromatic rings. The molecule has 1 amide bonds. The Bertz CT molecular complexity index is 446. The number of ketones is 1. The number of Topliss-reactive ketones (excluding diaryl/α,β-unsaturated/α-hetero) is 1. The summed E-state index contributed by atoms with van der Waals surface area (Å²) in [5.74, 6) is 0.202. The number of hydrogen-bond donors (Lipinski definition) is 1. The number of methoxy groups -OCH3 is 1. The Kier molecular flexibility index (Phi) is 4.46. The fourth-order valence-electron chi connectivity index (χ4n) is 1.35. The highest BCUT2D eigenvalue weighted by Gasteiger charge is 2.12. The van der Waals surface area contributed by atoms with Crippen molar-refractivity contribution in [2.75, 3.05) is 7.11 Å². The van der Waals surface area contributed by atoms with Gasteiger partial charge in [0.1, 0.15) is 5.75 Å². The molecule has 17 heavy (non-hydrogen) atoms. The Labute approximate surface area is 100 Å². The first kappa shape index (κ1) is 13.0. The van der Waals surface area contributed by atoms with Crippen LogP contribution in [0.2, 0.25) is 0 Å². The number of ether oxygens (including phenoxy) is 1. The van der Waals surface area contributed by atoms with E-state index in [2.05, 4.69) is 5.32 Å². The van der Waals surface area contributed by atoms with Gasteiger partial charge in [-0.1, -0.05) is 6.08 Å². The summed E-state index contributed by atoms with van der Waals surface area (Å²) in [7, 11) is 1.56. The van der Waals surface area contributed by atoms with E-state index in [0.717, 1.165) is 0 Å². The average Bonchev–Trinajstić information content (AvgIpc) is 2.35. The van der Waals surface area contributed by atoms with Gasteiger partial charge in [-0.2, -0.15) is 0 Å². The molecule has 0 saturated carbocycles. The molecule has 0 spiro atoms. The molecule has 0 radical (unpaired) electrons. The summed E-state index contributed by atoms with van der Waals surface area (Å²) < 4.78 is 5.00. The van der Waals surface area contributed by atoms with Crippen LogP contribution in [0.3, 0.4) is 0 Å². The number of carbonyl (C=O) groups is 2. The van der Waals surface area contributed by atoms with Gasteiger partial charge in [0.05, 0.1) is 12.8 Å². The van der Waals surface area contributed by atoms with Crippen LogP contribution in [0.4, 0.5) is 0 Å². The smallest absolute Gasteiger partial charge is 0.221 e. The molecule has 0 bridgehead atoms. The molecule has 1 aromatic carbocycles. The minimum Gasteiger partial charge on any atom is -0.497 e. The van der Waals surface area contributed by atoms with Crippen molar-refractivity contribution in [1.29, 1.82) is 0 Å². The van der Waals surface area contributed by atoms with Crippen molar-refractivity contribution < 1.29 is 14.3 Å². The second kappa shape index (κ2) is 5.84. The number of carbonyl (C=O) groups excluding carboxylic acids is 2. The topological polar surface area (TPSA) is 55.4 Å². The van der Waals surface area contributed by atoms with Crippen LogP contribution in [-0.4, -0.2) is 18.8 Å². The number of benzene rings is 1. The van der Waals surface area contributed by atoms with E-state index in [-0.39, 0.29) is 17.4 Å². The van der Waals surface area contributed by atoms with Gasteiger partial charge in [0.25, 0.3) is 0 Å². The SMILES string of the molecule is C/C=C(/NC(C)=O)C(=O)c1ccc(OC)cc1. The standard InChI is InChI=1S/C13H15NO3/c1-4-12(14-9(2)15)13(16)10-5-7-11(17-3)8-6-10/h4-8H,1-3H3,(H,14,15)/b12-4+. The van der Waals surface area contributed by atoms with Crippen molar-refractivity contribution in [2.45, 2.75) is 13.8 Å². The van der Waals surface area contributed by atoms with E-state index in [1.807, 2.05) is 0 Å². The van der Waals surface area contributed by atoms with Crippen LogP contribution >= 0.6 is 0 Å². The number of hydrogen-bond acceptors (Lipinski definition) is 3. The van der Waals surface area contributed by atoms with E-state index < -0.39 is 0 Å². The molecule has 1 N–H and O–H groups in total. The molecular weight excluding hydrogens is 218 g/mol. The molecule has 0 fully saturated rings. The van der Waals surface area contributed by atoms with Gasteiger partial charge in [-0.25, -0.2) is 0 Å². The fourth-order valence-corrected chi connectivity index (χ4v) is 1.35. The van der Waals surface area contributed by atoms with Gasteiger partial charge in [-0.15, -0.1) is 0 Å². The van der Waals surface area contributed by atoms with Crippen molar-refractivity contribution in [1.82, 2.24) is 5.32 Å². The Hall–Kier alpha value is -2.10. The number of allylic oxidation sites excluding steroid dienone is 2. The zero-order chi connectivity index (χ0) is 12.8. The quantitative estimate of drug-likeness (QED) is 0.638. The highest BCUT2D eigenvalue weighted by molar-refractivity contribution is 6.10. The predicted octanol–water partition coefficient (Wildman–Crippen LogP) is 1.92. The molecule has 0 saturated heterocycles. The van der Waals surface area contributed by atoms with Gasteiger partial charge in [0, 0.05) is 12.5 Å². The minimum atomic E-state index is -0.264. The summed E-state index contributed by atoms with van der Waals surface area (Å²) in [6, 6.07) is 6.72. The Morgan fingerprint density at radius 3 is 2.24 bits per heavy atom. The van der Waals surface area contributed by atoms with Gasteiger partial charge >= 0.3 is 0 Å². The van der Waals surface area contributed by atoms with Gasteiger partial charge < -0.3 is 10.1 Å². The lowest BCUT2D eigenvalue weighted by Crippen LogP contribution is -2.24. The lowest BCUT2D eigenvalue weighted by molar-refractivity contribution is -0.118. The summed E-state index contributed by atoms with van der Waals surface area (Å²) in [5, 5.41) is 2.50. The lowest BCUT2D eigenvalue weighted by atomic mass is 10.1. The van der Waals surface area contributed by atoms with Crippen LogP contribution in [0.15, 0.2) is 36.0 Å². The lowest BCUT2D eigenvalue weighted by Gasteiger charge is -2.07. The van der Waals surface area contributed by atoms with Crippen LogP contribution < -0.4 is 10.1 Å². The molecule has 0 aliphatic carbocycles. The normalized spacial score (nSPS) is 10.9. The van der Waals surface area contributed by atoms with E-state index in [4.69, 9.17) is 4.74 Å². The Morgan fingerprint density at radius 1 is 1.24 bits per heavy atom. The number of rotatable bonds is 4. The summed E-state index contributed by atoms with van der Waals surface area (Å²) in [6.07, 6.45) is 1.58. The van der Waals surface area contributed by atoms with E-state index >= 15 is 0 Å². The molecule has 0 unspecified atom stereocenters. The Morgan fingerprint density at radius 2 is 1.82 bits per heavy atom. The van der Waals surface area contributed by atoms with Crippen molar-refractivity contribution in [3.8, 4) is 5.75 Å². The number of nitrogens with one attached hydrogen (secondary N) is 1. The summed E-state index contributed by atoms with van der Waals surface area (Å²) >= 11 is 0. The second-order valence-electron chi connectivity index (χ2n) is 3.44. The highest BCUT2D eigenvalue weighted by atomic mass is 16.5. The zero-order valence-electron chi connectivity index (χ0n) is 10.1. The first-order valence-corrected chi connectivity index (χ1v) is 5.21. The third-order valence-corrected chi connectivity index (χ3v) is 2.20. The van der Waals surface area contributed by atoms with Gasteiger partial charge in [0.15, 0.2) is 0 Å². The van der Waals surface area contributed by atoms with E-state index in [1.54, 1.807) is 44.4 Å². The molecule has 90 valence electrons. The van der Waals surface area contributed by atoms with E-state index in [9.17, 15) is 9.59 Å². The van der Waals surface area contributed by atoms with Gasteiger partial charge in [-0.3, -0.25) is 9.59 Å². The summed E-state index contributed by atoms with van der Waals surface area (Å²) in [4.78, 5) is 22.9. The molecule has 0 atom stereocenters. The maximum atomic E-state index is 12.0. The molecule has 0 aliphatic heterocycles. The fraction of sp³-hybridized carbons (Fsp3) is 0.231. The molecule has 0 aliphatic rings. The molecule has 1 rings (SSSR count). The Balaban J connectivity index is 2.90. The number of amides is 1. The predicted molar refractivity (Wildman–Crippen MR) is 64.9 cm³/mol. The molecule has 0 heterocycles. The molecular formula is C13H15NO3. The van der Waals surface area contributed by atoms with Crippen LogP contribution in [0, 0.1) is 0 Å². The monoisotopic (exact) mass is 233 g/mol. The second-order valence-corrected chi connectivity index (χ2v) is 3.44. The first-order chi connectivity index (χ1) is 8.08. The summed E-state index contributed by atoms with van der Waals surface area (Å²) in [6.45, 7) is 3.07. The maximum absolute atomic E-state index is 12.0. The maximum Gasteiger partial charge on any atom is 0.221 e. The largest absolute Gasteiger partial charge is 0.497 e. The van der Waals surface area contributed by atoms with Gasteiger partial charge in [0.2, 0.25) is 11.7 Å². The highest BCUT2D eigenvalue weighted by Crippen LogP contribution is 2.13. The first-order valence-electron chi connectivity index (χ1n) is 5.21. The molecule has 4 nitrogen and oxygen atoms in total.